The summed E-state index contributed by atoms with van der Waals surface area (Å²) in [7, 11) is -3.81. The zero-order valence-corrected chi connectivity index (χ0v) is 17.3. The Morgan fingerprint density at radius 1 is 1.07 bits per heavy atom. The van der Waals surface area contributed by atoms with Crippen LogP contribution in [0.5, 0.6) is 0 Å². The van der Waals surface area contributed by atoms with Gasteiger partial charge in [-0.15, -0.1) is 0 Å². The number of amides is 1. The van der Waals surface area contributed by atoms with Gasteiger partial charge >= 0.3 is 0 Å². The molecule has 0 saturated carbocycles. The topological polar surface area (TPSA) is 79.0 Å². The minimum Gasteiger partial charge on any atom is -0.380 e. The minimum absolute atomic E-state index is 0.0553. The van der Waals surface area contributed by atoms with Crippen molar-refractivity contribution in [1.29, 1.82) is 0 Å². The number of carbonyl (C=O) groups is 1. The standard InChI is InChI=1S/C21H24FN3O4S/c22-20-7-6-18(30(27,28)25-10-12-29-13-11-25)14-19(20)21(26)24-9-8-17(15-24)23-16-4-2-1-3-5-16/h1-7,14,17,23H,8-13,15H2. The SMILES string of the molecule is O=C(c1cc(S(=O)(=O)N2CCOCC2)ccc1F)N1CCC(Nc2ccccc2)C1. The molecule has 2 aromatic rings. The highest BCUT2D eigenvalue weighted by Crippen LogP contribution is 2.23. The average molecular weight is 434 g/mol. The van der Waals surface area contributed by atoms with Crippen molar-refractivity contribution in [2.75, 3.05) is 44.7 Å². The Balaban J connectivity index is 1.49. The second kappa shape index (κ2) is 8.71. The fourth-order valence-electron chi connectivity index (χ4n) is 3.77. The van der Waals surface area contributed by atoms with Crippen LogP contribution in [-0.4, -0.2) is 69.0 Å². The van der Waals surface area contributed by atoms with E-state index in [9.17, 15) is 17.6 Å². The summed E-state index contributed by atoms with van der Waals surface area (Å²) in [6, 6.07) is 13.1. The molecule has 0 aromatic heterocycles. The highest BCUT2D eigenvalue weighted by Gasteiger charge is 2.31. The number of carbonyl (C=O) groups excluding carboxylic acids is 1. The molecule has 1 amide bonds. The van der Waals surface area contributed by atoms with E-state index >= 15 is 0 Å². The van der Waals surface area contributed by atoms with Crippen LogP contribution in [0.2, 0.25) is 0 Å². The third-order valence-corrected chi connectivity index (χ3v) is 7.29. The van der Waals surface area contributed by atoms with E-state index in [1.165, 1.54) is 10.4 Å². The molecule has 2 heterocycles. The molecule has 2 fully saturated rings. The number of morpholine rings is 1. The van der Waals surface area contributed by atoms with E-state index in [2.05, 4.69) is 5.32 Å². The largest absolute Gasteiger partial charge is 0.380 e. The smallest absolute Gasteiger partial charge is 0.256 e. The molecule has 1 atom stereocenters. The number of sulfonamides is 1. The van der Waals surface area contributed by atoms with Crippen molar-refractivity contribution < 1.29 is 22.3 Å². The van der Waals surface area contributed by atoms with Crippen LogP contribution in [0.3, 0.4) is 0 Å². The lowest BCUT2D eigenvalue weighted by Crippen LogP contribution is -2.40. The fourth-order valence-corrected chi connectivity index (χ4v) is 5.20. The number of halogens is 1. The molecule has 1 N–H and O–H groups in total. The van der Waals surface area contributed by atoms with Gasteiger partial charge in [-0.05, 0) is 36.8 Å². The quantitative estimate of drug-likeness (QED) is 0.782. The Labute approximate surface area is 175 Å². The second-order valence-corrected chi connectivity index (χ2v) is 9.34. The van der Waals surface area contributed by atoms with Gasteiger partial charge in [0.15, 0.2) is 0 Å². The molecule has 160 valence electrons. The normalized spacial score (nSPS) is 20.3. The molecule has 2 aromatic carbocycles. The molecule has 4 rings (SSSR count). The summed E-state index contributed by atoms with van der Waals surface area (Å²) in [5.74, 6) is -1.22. The molecule has 9 heteroatoms. The minimum atomic E-state index is -3.81. The van der Waals surface area contributed by atoms with Crippen LogP contribution in [0.4, 0.5) is 10.1 Å². The summed E-state index contributed by atoms with van der Waals surface area (Å²) in [4.78, 5) is 14.4. The first kappa shape index (κ1) is 20.8. The van der Waals surface area contributed by atoms with Crippen molar-refractivity contribution in [3.63, 3.8) is 0 Å². The first-order valence-corrected chi connectivity index (χ1v) is 11.4. The molecule has 7 nitrogen and oxygen atoms in total. The van der Waals surface area contributed by atoms with Crippen molar-refractivity contribution in [1.82, 2.24) is 9.21 Å². The van der Waals surface area contributed by atoms with E-state index in [4.69, 9.17) is 4.74 Å². The fraction of sp³-hybridized carbons (Fsp3) is 0.381. The van der Waals surface area contributed by atoms with E-state index in [1.54, 1.807) is 4.90 Å². The molecule has 0 radical (unpaired) electrons. The second-order valence-electron chi connectivity index (χ2n) is 7.41. The Morgan fingerprint density at radius 2 is 1.80 bits per heavy atom. The molecule has 30 heavy (non-hydrogen) atoms. The number of rotatable bonds is 5. The zero-order valence-electron chi connectivity index (χ0n) is 16.5. The van der Waals surface area contributed by atoms with Gasteiger partial charge in [-0.2, -0.15) is 4.31 Å². The Bertz CT molecular complexity index is 1010. The van der Waals surface area contributed by atoms with E-state index in [0.29, 0.717) is 26.3 Å². The molecule has 1 unspecified atom stereocenters. The number of anilines is 1. The third kappa shape index (κ3) is 4.33. The van der Waals surface area contributed by atoms with E-state index in [0.717, 1.165) is 24.2 Å². The lowest BCUT2D eigenvalue weighted by molar-refractivity contribution is 0.0730. The van der Waals surface area contributed by atoms with Crippen LogP contribution in [0.1, 0.15) is 16.8 Å². The average Bonchev–Trinajstić information content (AvgIpc) is 3.23. The first-order chi connectivity index (χ1) is 14.4. The van der Waals surface area contributed by atoms with Gasteiger partial charge in [-0.1, -0.05) is 18.2 Å². The Hall–Kier alpha value is -2.49. The van der Waals surface area contributed by atoms with Crippen molar-refractivity contribution in [3.05, 3.63) is 59.9 Å². The Kier molecular flexibility index (Phi) is 6.03. The third-order valence-electron chi connectivity index (χ3n) is 5.40. The highest BCUT2D eigenvalue weighted by molar-refractivity contribution is 7.89. The molecule has 0 aliphatic carbocycles. The maximum Gasteiger partial charge on any atom is 0.256 e. The number of hydrogen-bond acceptors (Lipinski definition) is 5. The summed E-state index contributed by atoms with van der Waals surface area (Å²) in [5.41, 5.74) is 0.742. The maximum absolute atomic E-state index is 14.5. The van der Waals surface area contributed by atoms with E-state index in [-0.39, 0.29) is 29.6 Å². The van der Waals surface area contributed by atoms with Gasteiger partial charge in [0.05, 0.1) is 23.7 Å². The van der Waals surface area contributed by atoms with Gasteiger partial charge in [0.25, 0.3) is 5.91 Å². The molecule has 2 aliphatic heterocycles. The molecular weight excluding hydrogens is 409 g/mol. The van der Waals surface area contributed by atoms with E-state index in [1.807, 2.05) is 30.3 Å². The molecule has 0 spiro atoms. The molecule has 2 aliphatic rings. The van der Waals surface area contributed by atoms with Crippen LogP contribution in [0, 0.1) is 5.82 Å². The number of likely N-dealkylation sites (tertiary alicyclic amines) is 1. The van der Waals surface area contributed by atoms with Crippen molar-refractivity contribution in [2.24, 2.45) is 0 Å². The Morgan fingerprint density at radius 3 is 2.53 bits per heavy atom. The van der Waals surface area contributed by atoms with Crippen LogP contribution < -0.4 is 5.32 Å². The van der Waals surface area contributed by atoms with Crippen molar-refractivity contribution in [2.45, 2.75) is 17.4 Å². The number of para-hydroxylation sites is 1. The van der Waals surface area contributed by atoms with Gasteiger partial charge in [-0.25, -0.2) is 12.8 Å². The van der Waals surface area contributed by atoms with Crippen LogP contribution in [0.25, 0.3) is 0 Å². The summed E-state index contributed by atoms with van der Waals surface area (Å²) >= 11 is 0. The number of nitrogens with zero attached hydrogens (tertiary/aromatic N) is 2. The number of nitrogens with one attached hydrogen (secondary N) is 1. The number of hydrogen-bond donors (Lipinski definition) is 1. The van der Waals surface area contributed by atoms with Gasteiger partial charge in [0.1, 0.15) is 5.82 Å². The van der Waals surface area contributed by atoms with Gasteiger partial charge < -0.3 is 15.0 Å². The van der Waals surface area contributed by atoms with E-state index < -0.39 is 21.7 Å². The first-order valence-electron chi connectivity index (χ1n) is 9.93. The van der Waals surface area contributed by atoms with Crippen molar-refractivity contribution in [3.8, 4) is 0 Å². The lowest BCUT2D eigenvalue weighted by Gasteiger charge is -2.26. The van der Waals surface area contributed by atoms with Crippen molar-refractivity contribution >= 4 is 21.6 Å². The highest BCUT2D eigenvalue weighted by atomic mass is 32.2. The number of benzene rings is 2. The monoisotopic (exact) mass is 433 g/mol. The molecular formula is C21H24FN3O4S. The summed E-state index contributed by atoms with van der Waals surface area (Å²) < 4.78 is 46.7. The zero-order chi connectivity index (χ0) is 21.1. The van der Waals surface area contributed by atoms with Crippen LogP contribution in [-0.2, 0) is 14.8 Å². The summed E-state index contributed by atoms with van der Waals surface area (Å²) in [6.45, 7) is 2.01. The predicted molar refractivity (Wildman–Crippen MR) is 110 cm³/mol. The lowest BCUT2D eigenvalue weighted by atomic mass is 10.2. The summed E-state index contributed by atoms with van der Waals surface area (Å²) in [5, 5.41) is 3.37. The predicted octanol–water partition coefficient (Wildman–Crippen LogP) is 2.17. The summed E-state index contributed by atoms with van der Waals surface area (Å²) in [6.07, 6.45) is 0.730. The molecule has 2 saturated heterocycles. The van der Waals surface area contributed by atoms with Gasteiger partial charge in [0.2, 0.25) is 10.0 Å². The van der Waals surface area contributed by atoms with Crippen LogP contribution in [0.15, 0.2) is 53.4 Å². The van der Waals surface area contributed by atoms with Crippen LogP contribution >= 0.6 is 0 Å². The van der Waals surface area contributed by atoms with Gasteiger partial charge in [0, 0.05) is 37.9 Å². The number of ether oxygens (including phenoxy) is 1. The van der Waals surface area contributed by atoms with Gasteiger partial charge in [-0.3, -0.25) is 4.79 Å². The maximum atomic E-state index is 14.5. The molecule has 0 bridgehead atoms.